The van der Waals surface area contributed by atoms with Crippen molar-refractivity contribution in [3.05, 3.63) is 39.9 Å². The molecule has 5 heteroatoms. The van der Waals surface area contributed by atoms with E-state index in [0.717, 1.165) is 6.42 Å². The summed E-state index contributed by atoms with van der Waals surface area (Å²) >= 11 is 0. The van der Waals surface area contributed by atoms with Gasteiger partial charge in [-0.2, -0.15) is 0 Å². The number of nitrogens with zero attached hydrogens (tertiary/aromatic N) is 1. The molecule has 0 saturated heterocycles. The Kier molecular flexibility index (Phi) is 5.55. The van der Waals surface area contributed by atoms with Crippen molar-refractivity contribution in [1.82, 2.24) is 5.32 Å². The number of benzene rings is 1. The maximum Gasteiger partial charge on any atom is 0.269 e. The first-order valence-electron chi connectivity index (χ1n) is 6.03. The summed E-state index contributed by atoms with van der Waals surface area (Å²) < 4.78 is 0. The minimum absolute atomic E-state index is 0.0130. The smallest absolute Gasteiger partial charge is 0.269 e. The molecule has 0 aliphatic heterocycles. The van der Waals surface area contributed by atoms with Crippen molar-refractivity contribution in [3.63, 3.8) is 0 Å². The van der Waals surface area contributed by atoms with E-state index in [-0.39, 0.29) is 24.1 Å². The summed E-state index contributed by atoms with van der Waals surface area (Å²) in [6.07, 6.45) is 6.56. The Morgan fingerprint density at radius 1 is 1.58 bits per heavy atom. The zero-order valence-electron chi connectivity index (χ0n) is 10.8. The molecule has 0 aromatic heterocycles. The molecule has 1 unspecified atom stereocenters. The Morgan fingerprint density at radius 3 is 2.89 bits per heavy atom. The lowest BCUT2D eigenvalue weighted by Crippen LogP contribution is -2.35. The molecule has 0 spiro atoms. The van der Waals surface area contributed by atoms with Gasteiger partial charge in [-0.25, -0.2) is 0 Å². The normalized spacial score (nSPS) is 11.4. The number of nitrogens with one attached hydrogen (secondary N) is 1. The molecule has 0 aliphatic carbocycles. The summed E-state index contributed by atoms with van der Waals surface area (Å²) in [5.74, 6) is 2.33. The molecule has 0 heterocycles. The van der Waals surface area contributed by atoms with Gasteiger partial charge in [0, 0.05) is 24.6 Å². The van der Waals surface area contributed by atoms with Crippen LogP contribution in [0.4, 0.5) is 5.69 Å². The van der Waals surface area contributed by atoms with E-state index in [0.29, 0.717) is 12.0 Å². The Balaban J connectivity index is 2.64. The number of terminal acetylenes is 1. The third-order valence-electron chi connectivity index (χ3n) is 2.71. The molecule has 1 amide bonds. The van der Waals surface area contributed by atoms with Crippen LogP contribution in [0.2, 0.25) is 0 Å². The molecule has 1 atom stereocenters. The number of hydrogen-bond acceptors (Lipinski definition) is 3. The third kappa shape index (κ3) is 4.80. The van der Waals surface area contributed by atoms with Gasteiger partial charge in [0.1, 0.15) is 0 Å². The van der Waals surface area contributed by atoms with Crippen molar-refractivity contribution in [2.75, 3.05) is 0 Å². The minimum atomic E-state index is -0.478. The van der Waals surface area contributed by atoms with Crippen molar-refractivity contribution >= 4 is 11.6 Å². The lowest BCUT2D eigenvalue weighted by molar-refractivity contribution is -0.384. The second kappa shape index (κ2) is 7.17. The highest BCUT2D eigenvalue weighted by atomic mass is 16.6. The van der Waals surface area contributed by atoms with Crippen LogP contribution in [0.15, 0.2) is 24.3 Å². The van der Waals surface area contributed by atoms with E-state index in [9.17, 15) is 14.9 Å². The van der Waals surface area contributed by atoms with Crippen LogP contribution in [0.25, 0.3) is 0 Å². The highest BCUT2D eigenvalue weighted by Crippen LogP contribution is 2.13. The summed E-state index contributed by atoms with van der Waals surface area (Å²) in [4.78, 5) is 21.9. The predicted molar refractivity (Wildman–Crippen MR) is 72.5 cm³/mol. The van der Waals surface area contributed by atoms with E-state index < -0.39 is 4.92 Å². The fourth-order valence-electron chi connectivity index (χ4n) is 1.68. The Bertz CT molecular complexity index is 506. The highest BCUT2D eigenvalue weighted by molar-refractivity contribution is 5.79. The maximum absolute atomic E-state index is 11.8. The van der Waals surface area contributed by atoms with E-state index in [2.05, 4.69) is 11.2 Å². The monoisotopic (exact) mass is 260 g/mol. The van der Waals surface area contributed by atoms with Crippen molar-refractivity contribution in [1.29, 1.82) is 0 Å². The molecule has 0 saturated carbocycles. The third-order valence-corrected chi connectivity index (χ3v) is 2.71. The first-order chi connectivity index (χ1) is 9.06. The number of non-ortho nitro benzene ring substituents is 1. The topological polar surface area (TPSA) is 72.2 Å². The first kappa shape index (κ1) is 14.7. The Hall–Kier alpha value is -2.35. The van der Waals surface area contributed by atoms with E-state index in [4.69, 9.17) is 6.42 Å². The van der Waals surface area contributed by atoms with Gasteiger partial charge in [0.05, 0.1) is 11.3 Å². The number of rotatable bonds is 6. The van der Waals surface area contributed by atoms with E-state index >= 15 is 0 Å². The average molecular weight is 260 g/mol. The summed E-state index contributed by atoms with van der Waals surface area (Å²) in [5, 5.41) is 13.4. The van der Waals surface area contributed by atoms with Crippen molar-refractivity contribution < 1.29 is 9.72 Å². The zero-order valence-corrected chi connectivity index (χ0v) is 10.8. The van der Waals surface area contributed by atoms with Gasteiger partial charge < -0.3 is 5.32 Å². The molecule has 0 bridgehead atoms. The summed E-state index contributed by atoms with van der Waals surface area (Å²) in [6, 6.07) is 6.01. The standard InChI is InChI=1S/C14H16N2O3/c1-3-6-12(4-2)15-14(17)10-11-7-5-8-13(9-11)16(18)19/h1,5,7-9,12H,4,6,10H2,2H3,(H,15,17). The van der Waals surface area contributed by atoms with Crippen LogP contribution in [0.5, 0.6) is 0 Å². The van der Waals surface area contributed by atoms with Crippen LogP contribution in [0.3, 0.4) is 0 Å². The second-order valence-electron chi connectivity index (χ2n) is 4.18. The molecule has 1 aromatic carbocycles. The highest BCUT2D eigenvalue weighted by Gasteiger charge is 2.12. The van der Waals surface area contributed by atoms with Gasteiger partial charge in [0.15, 0.2) is 0 Å². The molecule has 0 fully saturated rings. The lowest BCUT2D eigenvalue weighted by atomic mass is 10.1. The van der Waals surface area contributed by atoms with Crippen LogP contribution in [0, 0.1) is 22.5 Å². The van der Waals surface area contributed by atoms with Gasteiger partial charge in [0.25, 0.3) is 5.69 Å². The van der Waals surface area contributed by atoms with Crippen molar-refractivity contribution in [2.45, 2.75) is 32.2 Å². The number of nitro benzene ring substituents is 1. The van der Waals surface area contributed by atoms with E-state index in [1.807, 2.05) is 6.92 Å². The van der Waals surface area contributed by atoms with Crippen LogP contribution in [-0.4, -0.2) is 16.9 Å². The van der Waals surface area contributed by atoms with Crippen LogP contribution in [-0.2, 0) is 11.2 Å². The van der Waals surface area contributed by atoms with Crippen LogP contribution >= 0.6 is 0 Å². The van der Waals surface area contributed by atoms with Crippen LogP contribution < -0.4 is 5.32 Å². The van der Waals surface area contributed by atoms with E-state index in [1.165, 1.54) is 12.1 Å². The molecule has 0 radical (unpaired) electrons. The fourth-order valence-corrected chi connectivity index (χ4v) is 1.68. The van der Waals surface area contributed by atoms with Gasteiger partial charge >= 0.3 is 0 Å². The number of amides is 1. The van der Waals surface area contributed by atoms with Crippen molar-refractivity contribution in [2.24, 2.45) is 0 Å². The van der Waals surface area contributed by atoms with Gasteiger partial charge in [-0.1, -0.05) is 19.1 Å². The molecular weight excluding hydrogens is 244 g/mol. The predicted octanol–water partition coefficient (Wildman–Crippen LogP) is 2.06. The van der Waals surface area contributed by atoms with Gasteiger partial charge in [-0.15, -0.1) is 12.3 Å². The zero-order chi connectivity index (χ0) is 14.3. The number of carbonyl (C=O) groups is 1. The van der Waals surface area contributed by atoms with Gasteiger partial charge in [-0.3, -0.25) is 14.9 Å². The van der Waals surface area contributed by atoms with Gasteiger partial charge in [0.2, 0.25) is 5.91 Å². The maximum atomic E-state index is 11.8. The Morgan fingerprint density at radius 2 is 2.32 bits per heavy atom. The first-order valence-corrected chi connectivity index (χ1v) is 6.03. The second-order valence-corrected chi connectivity index (χ2v) is 4.18. The number of nitro groups is 1. The SMILES string of the molecule is C#CCC(CC)NC(=O)Cc1cccc([N+](=O)[O-])c1. The van der Waals surface area contributed by atoms with Gasteiger partial charge in [-0.05, 0) is 12.0 Å². The summed E-state index contributed by atoms with van der Waals surface area (Å²) in [5.41, 5.74) is 0.600. The molecular formula is C14H16N2O3. The quantitative estimate of drug-likeness (QED) is 0.483. The summed E-state index contributed by atoms with van der Waals surface area (Å²) in [7, 11) is 0. The van der Waals surface area contributed by atoms with E-state index in [1.54, 1.807) is 12.1 Å². The molecule has 1 rings (SSSR count). The van der Waals surface area contributed by atoms with Crippen molar-refractivity contribution in [3.8, 4) is 12.3 Å². The Labute approximate surface area is 112 Å². The largest absolute Gasteiger partial charge is 0.352 e. The number of hydrogen-bond donors (Lipinski definition) is 1. The molecule has 1 N–H and O–H groups in total. The molecule has 5 nitrogen and oxygen atoms in total. The molecule has 19 heavy (non-hydrogen) atoms. The molecule has 1 aromatic rings. The fraction of sp³-hybridized carbons (Fsp3) is 0.357. The lowest BCUT2D eigenvalue weighted by Gasteiger charge is -2.14. The minimum Gasteiger partial charge on any atom is -0.352 e. The molecule has 100 valence electrons. The van der Waals surface area contributed by atoms with Crippen LogP contribution in [0.1, 0.15) is 25.3 Å². The molecule has 0 aliphatic rings. The average Bonchev–Trinajstić information content (AvgIpc) is 2.38. The summed E-state index contributed by atoms with van der Waals surface area (Å²) in [6.45, 7) is 1.94. The number of carbonyl (C=O) groups excluding carboxylic acids is 1.